The van der Waals surface area contributed by atoms with E-state index in [1.54, 1.807) is 0 Å². The van der Waals surface area contributed by atoms with Crippen molar-refractivity contribution >= 4 is 5.95 Å². The Hall–Kier alpha value is -1.36. The number of hydrogen-bond acceptors (Lipinski definition) is 5. The molecular formula is C5H8N4O. The van der Waals surface area contributed by atoms with Gasteiger partial charge in [-0.15, -0.1) is 0 Å². The van der Waals surface area contributed by atoms with E-state index in [0.29, 0.717) is 5.75 Å². The summed E-state index contributed by atoms with van der Waals surface area (Å²) in [4.78, 5) is 7.37. The predicted octanol–water partition coefficient (Wildman–Crippen LogP) is -0.646. The Balaban J connectivity index is 2.69. The van der Waals surface area contributed by atoms with Gasteiger partial charge in [0.1, 0.15) is 6.73 Å². The van der Waals surface area contributed by atoms with Crippen molar-refractivity contribution in [2.75, 3.05) is 12.5 Å². The van der Waals surface area contributed by atoms with E-state index >= 15 is 0 Å². The van der Waals surface area contributed by atoms with Gasteiger partial charge in [-0.1, -0.05) is 0 Å². The van der Waals surface area contributed by atoms with Crippen molar-refractivity contribution in [2.24, 2.45) is 5.73 Å². The standard InChI is InChI=1S/C5H8N4O/c6-3-10-4-1-8-5(7)9-2-4/h1-2H,3,6H2,(H2,7,8,9). The minimum Gasteiger partial charge on any atom is -0.475 e. The van der Waals surface area contributed by atoms with E-state index in [4.69, 9.17) is 16.2 Å². The highest BCUT2D eigenvalue weighted by molar-refractivity contribution is 5.20. The van der Waals surface area contributed by atoms with Crippen LogP contribution in [0.3, 0.4) is 0 Å². The highest BCUT2D eigenvalue weighted by Gasteiger charge is 1.91. The number of aromatic nitrogens is 2. The lowest BCUT2D eigenvalue weighted by atomic mass is 10.6. The molecule has 0 saturated heterocycles. The topological polar surface area (TPSA) is 87.0 Å². The van der Waals surface area contributed by atoms with Gasteiger partial charge in [0.05, 0.1) is 12.4 Å². The molecule has 0 amide bonds. The molecule has 0 fully saturated rings. The number of rotatable bonds is 2. The predicted molar refractivity (Wildman–Crippen MR) is 36.1 cm³/mol. The molecule has 0 aliphatic rings. The van der Waals surface area contributed by atoms with E-state index in [9.17, 15) is 0 Å². The van der Waals surface area contributed by atoms with Gasteiger partial charge in [0.2, 0.25) is 5.95 Å². The molecule has 0 bridgehead atoms. The van der Waals surface area contributed by atoms with E-state index in [-0.39, 0.29) is 12.7 Å². The van der Waals surface area contributed by atoms with E-state index in [0.717, 1.165) is 0 Å². The second-order valence-corrected chi connectivity index (χ2v) is 1.59. The molecule has 10 heavy (non-hydrogen) atoms. The Bertz CT molecular complexity index is 197. The molecule has 0 aliphatic carbocycles. The minimum absolute atomic E-state index is 0.118. The number of nitrogens with two attached hydrogens (primary N) is 2. The Morgan fingerprint density at radius 2 is 2.00 bits per heavy atom. The Labute approximate surface area is 58.0 Å². The number of nitrogens with zero attached hydrogens (tertiary/aromatic N) is 2. The second kappa shape index (κ2) is 2.98. The zero-order chi connectivity index (χ0) is 7.40. The molecule has 0 saturated carbocycles. The number of anilines is 1. The van der Waals surface area contributed by atoms with Crippen molar-refractivity contribution in [1.82, 2.24) is 9.97 Å². The molecule has 5 nitrogen and oxygen atoms in total. The van der Waals surface area contributed by atoms with Crippen LogP contribution in [0.5, 0.6) is 5.75 Å². The molecule has 1 aromatic heterocycles. The maximum absolute atomic E-state index is 5.21. The average Bonchev–Trinajstić information content (AvgIpc) is 1.95. The van der Waals surface area contributed by atoms with Crippen LogP contribution in [0.1, 0.15) is 0 Å². The summed E-state index contributed by atoms with van der Waals surface area (Å²) in [6.45, 7) is 0.118. The zero-order valence-corrected chi connectivity index (χ0v) is 5.32. The normalized spacial score (nSPS) is 9.30. The summed E-state index contributed by atoms with van der Waals surface area (Å²) >= 11 is 0. The van der Waals surface area contributed by atoms with Gasteiger partial charge in [-0.25, -0.2) is 9.97 Å². The first-order valence-corrected chi connectivity index (χ1v) is 2.73. The lowest BCUT2D eigenvalue weighted by molar-refractivity contribution is 0.327. The van der Waals surface area contributed by atoms with E-state index < -0.39 is 0 Å². The summed E-state index contributed by atoms with van der Waals surface area (Å²) in [6, 6.07) is 0. The summed E-state index contributed by atoms with van der Waals surface area (Å²) in [6.07, 6.45) is 2.93. The van der Waals surface area contributed by atoms with Gasteiger partial charge in [-0.05, 0) is 0 Å². The summed E-state index contributed by atoms with van der Waals surface area (Å²) in [7, 11) is 0. The summed E-state index contributed by atoms with van der Waals surface area (Å²) in [5, 5.41) is 0. The average molecular weight is 140 g/mol. The van der Waals surface area contributed by atoms with Crippen molar-refractivity contribution in [2.45, 2.75) is 0 Å². The molecule has 0 aromatic carbocycles. The van der Waals surface area contributed by atoms with Gasteiger partial charge in [0.25, 0.3) is 0 Å². The van der Waals surface area contributed by atoms with Gasteiger partial charge >= 0.3 is 0 Å². The summed E-state index contributed by atoms with van der Waals surface area (Å²) < 4.78 is 4.86. The highest BCUT2D eigenvalue weighted by Crippen LogP contribution is 2.04. The monoisotopic (exact) mass is 140 g/mol. The van der Waals surface area contributed by atoms with Crippen LogP contribution in [-0.4, -0.2) is 16.7 Å². The molecular weight excluding hydrogens is 132 g/mol. The first-order valence-electron chi connectivity index (χ1n) is 2.73. The largest absolute Gasteiger partial charge is 0.475 e. The van der Waals surface area contributed by atoms with Crippen molar-refractivity contribution in [3.05, 3.63) is 12.4 Å². The van der Waals surface area contributed by atoms with Crippen LogP contribution in [0.4, 0.5) is 5.95 Å². The maximum Gasteiger partial charge on any atom is 0.220 e. The first kappa shape index (κ1) is 6.76. The smallest absolute Gasteiger partial charge is 0.220 e. The van der Waals surface area contributed by atoms with Crippen LogP contribution in [0.15, 0.2) is 12.4 Å². The fourth-order valence-corrected chi connectivity index (χ4v) is 0.497. The fraction of sp³-hybridized carbons (Fsp3) is 0.200. The van der Waals surface area contributed by atoms with Crippen molar-refractivity contribution in [1.29, 1.82) is 0 Å². The molecule has 54 valence electrons. The van der Waals surface area contributed by atoms with Crippen LogP contribution in [0.25, 0.3) is 0 Å². The van der Waals surface area contributed by atoms with Crippen LogP contribution in [0.2, 0.25) is 0 Å². The molecule has 4 N–H and O–H groups in total. The molecule has 0 unspecified atom stereocenters. The molecule has 1 rings (SSSR count). The van der Waals surface area contributed by atoms with Gasteiger partial charge in [-0.3, -0.25) is 5.73 Å². The second-order valence-electron chi connectivity index (χ2n) is 1.59. The number of ether oxygens (including phenoxy) is 1. The van der Waals surface area contributed by atoms with Gasteiger partial charge in [0.15, 0.2) is 5.75 Å². The molecule has 0 radical (unpaired) electrons. The Morgan fingerprint density at radius 3 is 2.50 bits per heavy atom. The van der Waals surface area contributed by atoms with E-state index in [1.165, 1.54) is 12.4 Å². The van der Waals surface area contributed by atoms with Gasteiger partial charge < -0.3 is 10.5 Å². The quantitative estimate of drug-likeness (QED) is 0.533. The van der Waals surface area contributed by atoms with E-state index in [2.05, 4.69) is 9.97 Å². The molecule has 1 heterocycles. The third-order valence-electron chi connectivity index (χ3n) is 0.898. The maximum atomic E-state index is 5.21. The Kier molecular flexibility index (Phi) is 2.01. The minimum atomic E-state index is 0.118. The van der Waals surface area contributed by atoms with Crippen LogP contribution in [0, 0.1) is 0 Å². The lowest BCUT2D eigenvalue weighted by Gasteiger charge is -1.99. The number of hydrogen-bond donors (Lipinski definition) is 2. The fourth-order valence-electron chi connectivity index (χ4n) is 0.497. The molecule has 0 aliphatic heterocycles. The molecule has 1 aromatic rings. The van der Waals surface area contributed by atoms with Gasteiger partial charge in [-0.2, -0.15) is 0 Å². The highest BCUT2D eigenvalue weighted by atomic mass is 16.5. The van der Waals surface area contributed by atoms with Crippen molar-refractivity contribution < 1.29 is 4.74 Å². The zero-order valence-electron chi connectivity index (χ0n) is 5.32. The molecule has 0 spiro atoms. The van der Waals surface area contributed by atoms with Crippen LogP contribution >= 0.6 is 0 Å². The molecule has 0 atom stereocenters. The summed E-state index contributed by atoms with van der Waals surface area (Å²) in [5.41, 5.74) is 10.3. The van der Waals surface area contributed by atoms with E-state index in [1.807, 2.05) is 0 Å². The van der Waals surface area contributed by atoms with Crippen molar-refractivity contribution in [3.8, 4) is 5.75 Å². The van der Waals surface area contributed by atoms with Gasteiger partial charge in [0, 0.05) is 0 Å². The first-order chi connectivity index (χ1) is 4.83. The Morgan fingerprint density at radius 1 is 1.40 bits per heavy atom. The summed E-state index contributed by atoms with van der Waals surface area (Å²) in [5.74, 6) is 0.751. The lowest BCUT2D eigenvalue weighted by Crippen LogP contribution is -2.08. The third-order valence-corrected chi connectivity index (χ3v) is 0.898. The van der Waals surface area contributed by atoms with Crippen LogP contribution < -0.4 is 16.2 Å². The van der Waals surface area contributed by atoms with Crippen LogP contribution in [-0.2, 0) is 0 Å². The number of nitrogen functional groups attached to an aromatic ring is 1. The van der Waals surface area contributed by atoms with Crippen molar-refractivity contribution in [3.63, 3.8) is 0 Å². The molecule has 5 heteroatoms. The SMILES string of the molecule is NCOc1cnc(N)nc1. The third kappa shape index (κ3) is 1.56.